The third kappa shape index (κ3) is 11.8. The highest BCUT2D eigenvalue weighted by Gasteiger charge is 2.32. The molecule has 0 aromatic rings. The Bertz CT molecular complexity index is 875. The van der Waals surface area contributed by atoms with Crippen molar-refractivity contribution in [1.29, 1.82) is 0 Å². The number of nitrogens with one attached hydrogen (secondary N) is 4. The molecule has 208 valence electrons. The number of thioether (sulfide) groups is 1. The summed E-state index contributed by atoms with van der Waals surface area (Å²) in [6.45, 7) is 9.74. The Kier molecular flexibility index (Phi) is 13.9. The summed E-state index contributed by atoms with van der Waals surface area (Å²) in [5, 5.41) is 10.5. The van der Waals surface area contributed by atoms with E-state index in [1.807, 2.05) is 0 Å². The van der Waals surface area contributed by atoms with Crippen molar-refractivity contribution in [2.24, 2.45) is 11.8 Å². The van der Waals surface area contributed by atoms with E-state index in [0.717, 1.165) is 11.8 Å². The molecule has 4 N–H and O–H groups in total. The summed E-state index contributed by atoms with van der Waals surface area (Å²) in [4.78, 5) is 75.0. The first-order valence-electron chi connectivity index (χ1n) is 12.5. The molecule has 11 nitrogen and oxygen atoms in total. The Labute approximate surface area is 222 Å². The summed E-state index contributed by atoms with van der Waals surface area (Å²) in [5.74, 6) is -2.99. The zero-order valence-electron chi connectivity index (χ0n) is 22.4. The van der Waals surface area contributed by atoms with Crippen molar-refractivity contribution in [3.05, 3.63) is 12.2 Å². The van der Waals surface area contributed by atoms with Gasteiger partial charge in [-0.1, -0.05) is 52.5 Å². The van der Waals surface area contributed by atoms with Gasteiger partial charge in [0, 0.05) is 12.7 Å². The Morgan fingerprint density at radius 3 is 2.16 bits per heavy atom. The van der Waals surface area contributed by atoms with E-state index in [-0.39, 0.29) is 29.8 Å². The van der Waals surface area contributed by atoms with Gasteiger partial charge in [-0.25, -0.2) is 0 Å². The van der Waals surface area contributed by atoms with Crippen LogP contribution >= 0.6 is 11.8 Å². The maximum Gasteiger partial charge on any atom is 0.326 e. The minimum absolute atomic E-state index is 0.0149. The molecule has 0 bridgehead atoms. The molecule has 0 spiro atoms. The monoisotopic (exact) mass is 540 g/mol. The standard InChI is InChI=1S/C25H40N4O7S/c1-7-18-23(33)29-21(14(2)3)24(34)26-13-20(32)36-17(10-8-9-11-37-16(6)30)12-19(31)28-22(15(4)5)25(35)27-18/h8,10,14-15,17-18,21-22H,7,9,11-13H2,1-6H3,(H,26,34)(H,27,35)(H,28,31)(H,29,33)/b10-8+/t17-,18-,21-,22-/m1/s1. The lowest BCUT2D eigenvalue weighted by molar-refractivity contribution is -0.148. The van der Waals surface area contributed by atoms with Crippen LogP contribution in [0.15, 0.2) is 12.2 Å². The molecule has 1 saturated heterocycles. The molecular formula is C25H40N4O7S. The van der Waals surface area contributed by atoms with E-state index in [0.29, 0.717) is 12.2 Å². The summed E-state index contributed by atoms with van der Waals surface area (Å²) in [7, 11) is 0. The molecule has 4 amide bonds. The summed E-state index contributed by atoms with van der Waals surface area (Å²) in [6, 6.07) is -2.78. The fourth-order valence-electron chi connectivity index (χ4n) is 3.50. The molecule has 4 atom stereocenters. The quantitative estimate of drug-likeness (QED) is 0.210. The summed E-state index contributed by atoms with van der Waals surface area (Å²) < 4.78 is 5.41. The molecular weight excluding hydrogens is 500 g/mol. The van der Waals surface area contributed by atoms with Crippen molar-refractivity contribution in [3.8, 4) is 0 Å². The third-order valence-corrected chi connectivity index (χ3v) is 6.42. The van der Waals surface area contributed by atoms with E-state index in [1.165, 1.54) is 6.92 Å². The number of hydrogen-bond donors (Lipinski definition) is 4. The van der Waals surface area contributed by atoms with Gasteiger partial charge in [0.15, 0.2) is 5.12 Å². The van der Waals surface area contributed by atoms with Crippen LogP contribution in [0.3, 0.4) is 0 Å². The maximum absolute atomic E-state index is 13.0. The molecule has 1 aliphatic rings. The average molecular weight is 541 g/mol. The summed E-state index contributed by atoms with van der Waals surface area (Å²) in [6.07, 6.45) is 2.85. The van der Waals surface area contributed by atoms with Crippen molar-refractivity contribution in [2.45, 2.75) is 85.0 Å². The van der Waals surface area contributed by atoms with Gasteiger partial charge >= 0.3 is 5.97 Å². The van der Waals surface area contributed by atoms with Gasteiger partial charge in [-0.05, 0) is 30.8 Å². The van der Waals surface area contributed by atoms with Crippen molar-refractivity contribution in [1.82, 2.24) is 21.3 Å². The van der Waals surface area contributed by atoms with Crippen LogP contribution < -0.4 is 21.3 Å². The van der Waals surface area contributed by atoms with Gasteiger partial charge < -0.3 is 26.0 Å². The smallest absolute Gasteiger partial charge is 0.326 e. The number of cyclic esters (lactones) is 1. The minimum atomic E-state index is -0.945. The molecule has 0 aromatic carbocycles. The predicted molar refractivity (Wildman–Crippen MR) is 140 cm³/mol. The van der Waals surface area contributed by atoms with E-state index >= 15 is 0 Å². The van der Waals surface area contributed by atoms with Crippen LogP contribution in [0.1, 0.15) is 60.8 Å². The van der Waals surface area contributed by atoms with Gasteiger partial charge in [0.05, 0.1) is 6.42 Å². The Hall–Kier alpha value is -2.89. The van der Waals surface area contributed by atoms with Gasteiger partial charge in [0.1, 0.15) is 30.8 Å². The highest BCUT2D eigenvalue weighted by molar-refractivity contribution is 8.13. The summed E-state index contributed by atoms with van der Waals surface area (Å²) >= 11 is 1.16. The Morgan fingerprint density at radius 1 is 0.973 bits per heavy atom. The second-order valence-corrected chi connectivity index (χ2v) is 10.8. The molecule has 1 rings (SSSR count). The average Bonchev–Trinajstić information content (AvgIpc) is 2.80. The van der Waals surface area contributed by atoms with Gasteiger partial charge in [0.25, 0.3) is 0 Å². The number of hydrogen-bond acceptors (Lipinski definition) is 8. The first kappa shape index (κ1) is 32.1. The largest absolute Gasteiger partial charge is 0.456 e. The number of esters is 1. The van der Waals surface area contributed by atoms with E-state index in [1.54, 1.807) is 46.8 Å². The molecule has 12 heteroatoms. The van der Waals surface area contributed by atoms with Crippen molar-refractivity contribution in [2.75, 3.05) is 12.3 Å². The highest BCUT2D eigenvalue weighted by atomic mass is 32.2. The fourth-order valence-corrected chi connectivity index (χ4v) is 4.04. The molecule has 0 aliphatic carbocycles. The molecule has 0 unspecified atom stereocenters. The number of carbonyl (C=O) groups is 6. The lowest BCUT2D eigenvalue weighted by Crippen LogP contribution is -2.58. The predicted octanol–water partition coefficient (Wildman–Crippen LogP) is 0.821. The van der Waals surface area contributed by atoms with Crippen LogP contribution in [0.25, 0.3) is 0 Å². The van der Waals surface area contributed by atoms with Gasteiger partial charge in [-0.15, -0.1) is 0 Å². The van der Waals surface area contributed by atoms with Crippen LogP contribution in [-0.4, -0.2) is 71.2 Å². The second-order valence-electron chi connectivity index (χ2n) is 9.50. The van der Waals surface area contributed by atoms with E-state index in [2.05, 4.69) is 21.3 Å². The Morgan fingerprint density at radius 2 is 1.59 bits per heavy atom. The van der Waals surface area contributed by atoms with Crippen LogP contribution in [0.5, 0.6) is 0 Å². The van der Waals surface area contributed by atoms with Gasteiger partial charge in [-0.2, -0.15) is 0 Å². The molecule has 37 heavy (non-hydrogen) atoms. The first-order chi connectivity index (χ1) is 17.3. The van der Waals surface area contributed by atoms with Crippen molar-refractivity contribution < 1.29 is 33.5 Å². The first-order valence-corrected chi connectivity index (χ1v) is 13.5. The van der Waals surface area contributed by atoms with Crippen LogP contribution in [0.2, 0.25) is 0 Å². The van der Waals surface area contributed by atoms with E-state index < -0.39 is 60.4 Å². The molecule has 0 aromatic heterocycles. The normalized spacial score (nSPS) is 24.9. The SMILES string of the molecule is CC[C@H]1NC(=O)[C@@H](C(C)C)NC(=O)C[C@@H](/C=C/CCSC(C)=O)OC(=O)CNC(=O)[C@@H](C(C)C)NC1=O. The van der Waals surface area contributed by atoms with Crippen LogP contribution in [0, 0.1) is 11.8 Å². The zero-order chi connectivity index (χ0) is 28.1. The molecule has 0 radical (unpaired) electrons. The van der Waals surface area contributed by atoms with Crippen LogP contribution in [0.4, 0.5) is 0 Å². The molecule has 0 saturated carbocycles. The van der Waals surface area contributed by atoms with E-state index in [9.17, 15) is 28.8 Å². The van der Waals surface area contributed by atoms with Gasteiger partial charge in [0.2, 0.25) is 23.6 Å². The number of ether oxygens (including phenoxy) is 1. The topological polar surface area (TPSA) is 160 Å². The third-order valence-electron chi connectivity index (χ3n) is 5.57. The minimum Gasteiger partial charge on any atom is -0.456 e. The number of carbonyl (C=O) groups excluding carboxylic acids is 6. The lowest BCUT2D eigenvalue weighted by Gasteiger charge is -2.28. The highest BCUT2D eigenvalue weighted by Crippen LogP contribution is 2.10. The molecule has 1 fully saturated rings. The van der Waals surface area contributed by atoms with Crippen molar-refractivity contribution in [3.63, 3.8) is 0 Å². The summed E-state index contributed by atoms with van der Waals surface area (Å²) in [5.41, 5.74) is 0. The zero-order valence-corrected chi connectivity index (χ0v) is 23.2. The number of amides is 4. The van der Waals surface area contributed by atoms with Gasteiger partial charge in [-0.3, -0.25) is 28.8 Å². The van der Waals surface area contributed by atoms with E-state index in [4.69, 9.17) is 4.74 Å². The number of allylic oxidation sites excluding steroid dienone is 1. The second kappa shape index (κ2) is 16.1. The number of rotatable bonds is 7. The van der Waals surface area contributed by atoms with Crippen molar-refractivity contribution >= 4 is 46.5 Å². The molecule has 1 heterocycles. The lowest BCUT2D eigenvalue weighted by atomic mass is 10.0. The fraction of sp³-hybridized carbons (Fsp3) is 0.680. The Balaban J connectivity index is 3.20. The molecule has 1 aliphatic heterocycles. The van der Waals surface area contributed by atoms with Crippen LogP contribution in [-0.2, 0) is 33.5 Å². The maximum atomic E-state index is 13.0.